The molecule has 2 amide bonds. The second-order valence-corrected chi connectivity index (χ2v) is 13.8. The van der Waals surface area contributed by atoms with Gasteiger partial charge in [-0.2, -0.15) is 0 Å². The highest BCUT2D eigenvalue weighted by molar-refractivity contribution is 7.09. The summed E-state index contributed by atoms with van der Waals surface area (Å²) in [7, 11) is 0. The number of aliphatic imine (C=N–C) groups is 1. The van der Waals surface area contributed by atoms with Crippen molar-refractivity contribution in [3.8, 4) is 0 Å². The Morgan fingerprint density at radius 2 is 1.77 bits per heavy atom. The van der Waals surface area contributed by atoms with Crippen LogP contribution in [0.3, 0.4) is 0 Å². The van der Waals surface area contributed by atoms with Crippen LogP contribution in [0.1, 0.15) is 96.8 Å². The van der Waals surface area contributed by atoms with Crippen LogP contribution in [-0.4, -0.2) is 71.4 Å². The van der Waals surface area contributed by atoms with Gasteiger partial charge in [0.1, 0.15) is 12.1 Å². The second-order valence-electron chi connectivity index (χ2n) is 12.8. The fourth-order valence-electron chi connectivity index (χ4n) is 7.09. The Bertz CT molecular complexity index is 1320. The number of ether oxygens (including phenoxy) is 1. The van der Waals surface area contributed by atoms with E-state index in [2.05, 4.69) is 10.6 Å². The van der Waals surface area contributed by atoms with E-state index in [1.165, 1.54) is 0 Å². The van der Waals surface area contributed by atoms with Crippen LogP contribution in [-0.2, 0) is 20.9 Å². The summed E-state index contributed by atoms with van der Waals surface area (Å²) in [5, 5.41) is 8.55. The standard InChI is InChI=1S/C35H49N5O3S/c1-25-32(27-14-7-3-8-15-27)43-35(37-25)39-19-20-40(31(24-39)33(41)36-23-29-18-11-21-44-29)34(42)30(22-26-12-5-2-6-13-26)38-28-16-9-4-10-17-28/h3,7-8,11,14-15,18,21,25-26,28,30-32,38H,2,4-6,9-10,12-13,16-17,19-20,22-24H2,1H3,(H,36,41)/t25-,30+,31+,32-/m1/s1/i26D,28D. The first-order valence-corrected chi connectivity index (χ1v) is 17.5. The van der Waals surface area contributed by atoms with Crippen molar-refractivity contribution in [1.29, 1.82) is 0 Å². The van der Waals surface area contributed by atoms with Gasteiger partial charge >= 0.3 is 0 Å². The van der Waals surface area contributed by atoms with Crippen LogP contribution in [0.5, 0.6) is 0 Å². The SMILES string of the molecule is [2H]C1(C[C@H](NC2([2H])CCCCC2)C(=O)N2CCN(C3=N[C@H](C)[C@H](c4ccccc4)O3)C[C@H]2C(=O)NCc2cccs2)CCCCC1. The van der Waals surface area contributed by atoms with Crippen LogP contribution in [0.15, 0.2) is 52.8 Å². The summed E-state index contributed by atoms with van der Waals surface area (Å²) < 4.78 is 24.9. The Kier molecular flexibility index (Phi) is 9.68. The molecule has 1 aromatic heterocycles. The molecule has 3 heterocycles. The number of piperazine rings is 1. The van der Waals surface area contributed by atoms with Gasteiger partial charge in [-0.3, -0.25) is 9.59 Å². The third kappa shape index (κ3) is 7.65. The first-order valence-electron chi connectivity index (χ1n) is 17.6. The molecule has 2 saturated carbocycles. The Hall–Kier alpha value is -2.91. The number of carbonyl (C=O) groups is 2. The van der Waals surface area contributed by atoms with E-state index in [0.717, 1.165) is 61.8 Å². The van der Waals surface area contributed by atoms with Crippen LogP contribution in [0.2, 0.25) is 0 Å². The van der Waals surface area contributed by atoms with Crippen LogP contribution >= 0.6 is 11.3 Å². The van der Waals surface area contributed by atoms with E-state index in [0.29, 0.717) is 44.9 Å². The molecule has 44 heavy (non-hydrogen) atoms. The Labute approximate surface area is 269 Å². The van der Waals surface area contributed by atoms with E-state index in [1.54, 1.807) is 16.2 Å². The highest BCUT2D eigenvalue weighted by Gasteiger charge is 2.42. The summed E-state index contributed by atoms with van der Waals surface area (Å²) >= 11 is 1.58. The second kappa shape index (κ2) is 14.9. The topological polar surface area (TPSA) is 86.3 Å². The molecule has 2 N–H and O–H groups in total. The zero-order valence-electron chi connectivity index (χ0n) is 28.0. The lowest BCUT2D eigenvalue weighted by molar-refractivity contribution is -0.145. The first kappa shape index (κ1) is 28.6. The van der Waals surface area contributed by atoms with Gasteiger partial charge in [-0.25, -0.2) is 4.99 Å². The van der Waals surface area contributed by atoms with Gasteiger partial charge in [0.2, 0.25) is 11.8 Å². The molecule has 2 aliphatic heterocycles. The quantitative estimate of drug-likeness (QED) is 0.378. The predicted octanol–water partition coefficient (Wildman–Crippen LogP) is 5.65. The Morgan fingerprint density at radius 1 is 1.02 bits per heavy atom. The van der Waals surface area contributed by atoms with Crippen molar-refractivity contribution in [2.24, 2.45) is 10.9 Å². The van der Waals surface area contributed by atoms with Crippen molar-refractivity contribution in [3.63, 3.8) is 0 Å². The smallest absolute Gasteiger partial charge is 0.288 e. The van der Waals surface area contributed by atoms with Crippen molar-refractivity contribution in [2.75, 3.05) is 19.6 Å². The van der Waals surface area contributed by atoms with Crippen LogP contribution in [0, 0.1) is 5.89 Å². The van der Waals surface area contributed by atoms with Gasteiger partial charge in [-0.1, -0.05) is 87.8 Å². The molecule has 238 valence electrons. The van der Waals surface area contributed by atoms with Gasteiger partial charge in [0.15, 0.2) is 0 Å². The normalized spacial score (nSPS) is 27.8. The maximum atomic E-state index is 14.6. The number of amides is 2. The average molecular weight is 622 g/mol. The number of hydrogen-bond acceptors (Lipinski definition) is 7. The number of rotatable bonds is 9. The minimum Gasteiger partial charge on any atom is -0.455 e. The van der Waals surface area contributed by atoms with E-state index >= 15 is 0 Å². The summed E-state index contributed by atoms with van der Waals surface area (Å²) in [5.41, 5.74) is 1.06. The molecule has 0 unspecified atom stereocenters. The monoisotopic (exact) mass is 621 g/mol. The van der Waals surface area contributed by atoms with E-state index < -0.39 is 24.0 Å². The lowest BCUT2D eigenvalue weighted by atomic mass is 9.83. The third-order valence-electron chi connectivity index (χ3n) is 9.55. The van der Waals surface area contributed by atoms with E-state index in [4.69, 9.17) is 9.73 Å². The fraction of sp³-hybridized carbons (Fsp3) is 0.629. The largest absolute Gasteiger partial charge is 0.455 e. The highest BCUT2D eigenvalue weighted by atomic mass is 32.1. The molecule has 0 spiro atoms. The number of nitrogens with zero attached hydrogens (tertiary/aromatic N) is 3. The van der Waals surface area contributed by atoms with Crippen molar-refractivity contribution in [2.45, 2.75) is 114 Å². The van der Waals surface area contributed by atoms with Gasteiger partial charge < -0.3 is 25.2 Å². The number of amidine groups is 1. The Morgan fingerprint density at radius 3 is 2.50 bits per heavy atom. The lowest BCUT2D eigenvalue weighted by Crippen LogP contribution is -2.64. The number of hydrogen-bond donors (Lipinski definition) is 2. The maximum absolute atomic E-state index is 14.6. The molecular formula is C35H49N5O3S. The molecule has 4 aliphatic rings. The van der Waals surface area contributed by atoms with E-state index in [9.17, 15) is 12.3 Å². The molecular weight excluding hydrogens is 570 g/mol. The van der Waals surface area contributed by atoms with E-state index in [-0.39, 0.29) is 30.5 Å². The third-order valence-corrected chi connectivity index (χ3v) is 10.4. The molecule has 0 bridgehead atoms. The molecule has 9 heteroatoms. The van der Waals surface area contributed by atoms with Gasteiger partial charge in [0, 0.05) is 26.7 Å². The van der Waals surface area contributed by atoms with E-state index in [1.807, 2.05) is 59.7 Å². The molecule has 2 aliphatic carbocycles. The first-order chi connectivity index (χ1) is 22.2. The van der Waals surface area contributed by atoms with Crippen molar-refractivity contribution in [3.05, 3.63) is 58.3 Å². The lowest BCUT2D eigenvalue weighted by Gasteiger charge is -2.43. The van der Waals surface area contributed by atoms with Crippen molar-refractivity contribution < 1.29 is 17.1 Å². The van der Waals surface area contributed by atoms with Gasteiger partial charge in [-0.05, 0) is 49.1 Å². The number of nitrogens with one attached hydrogen (secondary N) is 2. The minimum absolute atomic E-state index is 0.0794. The molecule has 1 aromatic carbocycles. The molecule has 2 aromatic rings. The van der Waals surface area contributed by atoms with Crippen LogP contribution < -0.4 is 10.6 Å². The van der Waals surface area contributed by atoms with Gasteiger partial charge in [0.05, 0.1) is 25.2 Å². The summed E-state index contributed by atoms with van der Waals surface area (Å²) in [6.45, 7) is 3.51. The van der Waals surface area contributed by atoms with Crippen LogP contribution in [0.25, 0.3) is 0 Å². The highest BCUT2D eigenvalue weighted by Crippen LogP contribution is 2.32. The molecule has 6 rings (SSSR count). The molecule has 8 nitrogen and oxygen atoms in total. The molecule has 1 saturated heterocycles. The number of thiophene rings is 1. The summed E-state index contributed by atoms with van der Waals surface area (Å²) in [5.74, 6) is -1.09. The minimum atomic E-state index is -0.892. The summed E-state index contributed by atoms with van der Waals surface area (Å²) in [6, 6.07) is 12.1. The summed E-state index contributed by atoms with van der Waals surface area (Å²) in [4.78, 5) is 38.2. The van der Waals surface area contributed by atoms with Crippen molar-refractivity contribution >= 4 is 29.2 Å². The van der Waals surface area contributed by atoms with Gasteiger partial charge in [-0.15, -0.1) is 11.3 Å². The Balaban J connectivity index is 1.23. The zero-order valence-corrected chi connectivity index (χ0v) is 26.8. The average Bonchev–Trinajstić information content (AvgIpc) is 3.73. The van der Waals surface area contributed by atoms with Crippen LogP contribution in [0.4, 0.5) is 0 Å². The molecule has 0 radical (unpaired) electrons. The zero-order chi connectivity index (χ0) is 32.1. The maximum Gasteiger partial charge on any atom is 0.288 e. The number of benzene rings is 1. The molecule has 4 atom stereocenters. The fourth-order valence-corrected chi connectivity index (χ4v) is 7.74. The summed E-state index contributed by atoms with van der Waals surface area (Å²) in [6.07, 6.45) is 9.20. The number of carbonyl (C=O) groups excluding carboxylic acids is 2. The van der Waals surface area contributed by atoms with Crippen molar-refractivity contribution in [1.82, 2.24) is 20.4 Å². The van der Waals surface area contributed by atoms with Gasteiger partial charge in [0.25, 0.3) is 6.02 Å². The predicted molar refractivity (Wildman–Crippen MR) is 175 cm³/mol. The molecule has 3 fully saturated rings.